The molecule has 0 radical (unpaired) electrons. The van der Waals surface area contributed by atoms with Crippen LogP contribution in [0.2, 0.25) is 0 Å². The molecule has 1 aromatic rings. The van der Waals surface area contributed by atoms with Crippen molar-refractivity contribution in [1.82, 2.24) is 4.90 Å². The van der Waals surface area contributed by atoms with Crippen molar-refractivity contribution in [1.29, 1.82) is 0 Å². The third-order valence-corrected chi connectivity index (χ3v) is 4.96. The van der Waals surface area contributed by atoms with Gasteiger partial charge in [0.05, 0.1) is 5.56 Å². The van der Waals surface area contributed by atoms with E-state index in [1.165, 1.54) is 12.1 Å². The first-order valence-electron chi connectivity index (χ1n) is 6.31. The van der Waals surface area contributed by atoms with Crippen LogP contribution >= 0.6 is 24.4 Å². The Hall–Kier alpha value is -0.680. The van der Waals surface area contributed by atoms with Crippen molar-refractivity contribution < 1.29 is 9.18 Å². The highest BCUT2D eigenvalue weighted by molar-refractivity contribution is 8.00. The van der Waals surface area contributed by atoms with Gasteiger partial charge in [0.2, 0.25) is 0 Å². The number of thiol groups is 1. The second-order valence-corrected chi connectivity index (χ2v) is 7.63. The number of thioether (sulfide) groups is 1. The Kier molecular flexibility index (Phi) is 4.46. The second kappa shape index (κ2) is 5.75. The van der Waals surface area contributed by atoms with E-state index in [9.17, 15) is 9.18 Å². The molecule has 0 atom stereocenters. The first-order chi connectivity index (χ1) is 8.89. The molecule has 5 heteroatoms. The Balaban J connectivity index is 2.17. The minimum Gasteiger partial charge on any atom is -0.338 e. The lowest BCUT2D eigenvalue weighted by Gasteiger charge is -2.23. The van der Waals surface area contributed by atoms with Gasteiger partial charge in [-0.3, -0.25) is 4.79 Å². The van der Waals surface area contributed by atoms with E-state index >= 15 is 0 Å². The topological polar surface area (TPSA) is 20.3 Å². The summed E-state index contributed by atoms with van der Waals surface area (Å²) in [5, 5.41) is 0. The van der Waals surface area contributed by atoms with Crippen molar-refractivity contribution in [3.63, 3.8) is 0 Å². The molecule has 0 spiro atoms. The maximum absolute atomic E-state index is 13.7. The largest absolute Gasteiger partial charge is 0.338 e. The number of hydrogen-bond acceptors (Lipinski definition) is 3. The summed E-state index contributed by atoms with van der Waals surface area (Å²) < 4.78 is 13.9. The van der Waals surface area contributed by atoms with Crippen LogP contribution < -0.4 is 0 Å². The summed E-state index contributed by atoms with van der Waals surface area (Å²) in [6.45, 7) is 5.71. The Labute approximate surface area is 123 Å². The average molecular weight is 299 g/mol. The van der Waals surface area contributed by atoms with Crippen molar-refractivity contribution in [2.24, 2.45) is 0 Å². The van der Waals surface area contributed by atoms with E-state index in [-0.39, 0.29) is 16.2 Å². The van der Waals surface area contributed by atoms with Crippen LogP contribution in [0.15, 0.2) is 23.1 Å². The highest BCUT2D eigenvalue weighted by Crippen LogP contribution is 2.31. The van der Waals surface area contributed by atoms with Crippen molar-refractivity contribution in [3.05, 3.63) is 29.6 Å². The number of halogens is 1. The quantitative estimate of drug-likeness (QED) is 0.801. The molecule has 1 aliphatic rings. The summed E-state index contributed by atoms with van der Waals surface area (Å²) >= 11 is 6.03. The molecule has 0 saturated carbocycles. The SMILES string of the molecule is CC1(C)CCN(C(=O)c2cc(S)ccc2F)CCS1. The number of nitrogens with zero attached hydrogens (tertiary/aromatic N) is 1. The molecule has 2 rings (SSSR count). The molecular weight excluding hydrogens is 281 g/mol. The number of amides is 1. The summed E-state index contributed by atoms with van der Waals surface area (Å²) in [6.07, 6.45) is 0.922. The highest BCUT2D eigenvalue weighted by Gasteiger charge is 2.27. The van der Waals surface area contributed by atoms with E-state index in [1.54, 1.807) is 11.0 Å². The molecule has 0 unspecified atom stereocenters. The number of carbonyl (C=O) groups is 1. The molecule has 19 heavy (non-hydrogen) atoms. The van der Waals surface area contributed by atoms with E-state index in [4.69, 9.17) is 0 Å². The van der Waals surface area contributed by atoms with Crippen LogP contribution in [0.1, 0.15) is 30.6 Å². The lowest BCUT2D eigenvalue weighted by atomic mass is 10.1. The van der Waals surface area contributed by atoms with Gasteiger partial charge in [-0.2, -0.15) is 11.8 Å². The summed E-state index contributed by atoms with van der Waals surface area (Å²) in [5.74, 6) is 0.187. The van der Waals surface area contributed by atoms with Gasteiger partial charge in [-0.15, -0.1) is 12.6 Å². The zero-order valence-corrected chi connectivity index (χ0v) is 12.9. The van der Waals surface area contributed by atoms with Crippen molar-refractivity contribution in [3.8, 4) is 0 Å². The Morgan fingerprint density at radius 3 is 2.89 bits per heavy atom. The van der Waals surface area contributed by atoms with Gasteiger partial charge >= 0.3 is 0 Å². The van der Waals surface area contributed by atoms with E-state index in [0.29, 0.717) is 18.0 Å². The summed E-state index contributed by atoms with van der Waals surface area (Å²) in [5.41, 5.74) is 0.122. The zero-order chi connectivity index (χ0) is 14.0. The summed E-state index contributed by atoms with van der Waals surface area (Å²) in [4.78, 5) is 14.7. The van der Waals surface area contributed by atoms with E-state index < -0.39 is 5.82 Å². The van der Waals surface area contributed by atoms with Crippen LogP contribution in [-0.2, 0) is 0 Å². The Morgan fingerprint density at radius 1 is 1.42 bits per heavy atom. The van der Waals surface area contributed by atoms with Gasteiger partial charge in [-0.1, -0.05) is 13.8 Å². The smallest absolute Gasteiger partial charge is 0.256 e. The highest BCUT2D eigenvalue weighted by atomic mass is 32.2. The van der Waals surface area contributed by atoms with Gasteiger partial charge in [0, 0.05) is 28.5 Å². The molecule has 0 aliphatic carbocycles. The molecule has 1 aromatic carbocycles. The van der Waals surface area contributed by atoms with Crippen molar-refractivity contribution in [2.45, 2.75) is 29.9 Å². The van der Waals surface area contributed by atoms with Crippen LogP contribution in [0, 0.1) is 5.82 Å². The fourth-order valence-electron chi connectivity index (χ4n) is 2.07. The number of rotatable bonds is 1. The first kappa shape index (κ1) is 14.7. The molecule has 0 bridgehead atoms. The lowest BCUT2D eigenvalue weighted by Crippen LogP contribution is -2.34. The predicted molar refractivity (Wildman–Crippen MR) is 80.7 cm³/mol. The third-order valence-electron chi connectivity index (χ3n) is 3.31. The van der Waals surface area contributed by atoms with Crippen LogP contribution in [0.3, 0.4) is 0 Å². The maximum Gasteiger partial charge on any atom is 0.256 e. The molecule has 1 amide bonds. The molecule has 1 aliphatic heterocycles. The summed E-state index contributed by atoms with van der Waals surface area (Å²) in [7, 11) is 0. The van der Waals surface area contributed by atoms with E-state index in [1.807, 2.05) is 11.8 Å². The van der Waals surface area contributed by atoms with Crippen LogP contribution in [-0.4, -0.2) is 34.4 Å². The molecule has 2 nitrogen and oxygen atoms in total. The van der Waals surface area contributed by atoms with Crippen molar-refractivity contribution in [2.75, 3.05) is 18.8 Å². The molecule has 0 N–H and O–H groups in total. The predicted octanol–water partition coefficient (Wildman–Crippen LogP) is 3.47. The lowest BCUT2D eigenvalue weighted by molar-refractivity contribution is 0.0759. The number of benzene rings is 1. The molecule has 1 fully saturated rings. The van der Waals surface area contributed by atoms with Gasteiger partial charge in [0.15, 0.2) is 0 Å². The maximum atomic E-state index is 13.7. The first-order valence-corrected chi connectivity index (χ1v) is 7.74. The third kappa shape index (κ3) is 3.66. The van der Waals surface area contributed by atoms with Crippen molar-refractivity contribution >= 4 is 30.3 Å². The Morgan fingerprint density at radius 2 is 2.16 bits per heavy atom. The van der Waals surface area contributed by atoms with Crippen LogP contribution in [0.25, 0.3) is 0 Å². The molecular formula is C14H18FNOS2. The van der Waals surface area contributed by atoms with Gasteiger partial charge in [-0.25, -0.2) is 4.39 Å². The normalized spacial score (nSPS) is 19.1. The fraction of sp³-hybridized carbons (Fsp3) is 0.500. The van der Waals surface area contributed by atoms with Gasteiger partial charge in [0.25, 0.3) is 5.91 Å². The zero-order valence-electron chi connectivity index (χ0n) is 11.1. The minimum atomic E-state index is -0.473. The van der Waals surface area contributed by atoms with Crippen LogP contribution in [0.5, 0.6) is 0 Å². The number of hydrogen-bond donors (Lipinski definition) is 1. The second-order valence-electron chi connectivity index (χ2n) is 5.31. The Bertz CT molecular complexity index is 490. The van der Waals surface area contributed by atoms with Gasteiger partial charge in [0.1, 0.15) is 5.82 Å². The molecule has 0 aromatic heterocycles. The minimum absolute atomic E-state index is 0.122. The monoisotopic (exact) mass is 299 g/mol. The van der Waals surface area contributed by atoms with E-state index in [0.717, 1.165) is 12.2 Å². The number of carbonyl (C=O) groups excluding carboxylic acids is 1. The van der Waals surface area contributed by atoms with Gasteiger partial charge in [-0.05, 0) is 24.6 Å². The van der Waals surface area contributed by atoms with Gasteiger partial charge < -0.3 is 4.90 Å². The average Bonchev–Trinajstić information content (AvgIpc) is 2.52. The molecule has 1 heterocycles. The fourth-order valence-corrected chi connectivity index (χ4v) is 3.37. The standard InChI is InChI=1S/C14H18FNOS2/c1-14(2)5-6-16(7-8-19-14)13(17)11-9-10(18)3-4-12(11)15/h3-4,9,18H,5-8H2,1-2H3. The van der Waals surface area contributed by atoms with E-state index in [2.05, 4.69) is 26.5 Å². The molecule has 1 saturated heterocycles. The van der Waals surface area contributed by atoms with Crippen LogP contribution in [0.4, 0.5) is 4.39 Å². The summed E-state index contributed by atoms with van der Waals surface area (Å²) in [6, 6.07) is 4.35. The molecule has 104 valence electrons.